The maximum Gasteiger partial charge on any atom is 0.618 e. The van der Waals surface area contributed by atoms with Gasteiger partial charge in [-0.25, -0.2) is 9.78 Å². The van der Waals surface area contributed by atoms with E-state index in [-0.39, 0.29) is 37.5 Å². The molecule has 52 heavy (non-hydrogen) atoms. The number of carbonyl (C=O) groups is 4. The number of ether oxygens (including phenoxy) is 1. The summed E-state index contributed by atoms with van der Waals surface area (Å²) in [5.41, 5.74) is -0.566. The summed E-state index contributed by atoms with van der Waals surface area (Å²) >= 11 is 0. The number of hydrogen-bond acceptors (Lipinski definition) is 11. The number of fused-ring (bicyclic) bond motifs is 1. The highest BCUT2D eigenvalue weighted by Crippen LogP contribution is 2.44. The van der Waals surface area contributed by atoms with Crippen LogP contribution < -0.4 is 30.2 Å². The molecule has 1 unspecified atom stereocenters. The molecule has 0 aliphatic carbocycles. The summed E-state index contributed by atoms with van der Waals surface area (Å²) in [6.45, 7) is 3.78. The molecule has 0 saturated heterocycles. The zero-order valence-corrected chi connectivity index (χ0v) is 30.4. The Morgan fingerprint density at radius 3 is 2.40 bits per heavy atom. The van der Waals surface area contributed by atoms with Gasteiger partial charge in [-0.1, -0.05) is 44.2 Å². The van der Waals surface area contributed by atoms with Gasteiger partial charge in [-0.2, -0.15) is 0 Å². The van der Waals surface area contributed by atoms with E-state index in [0.29, 0.717) is 23.6 Å². The molecule has 4 amide bonds. The van der Waals surface area contributed by atoms with Gasteiger partial charge in [-0.05, 0) is 36.5 Å². The minimum Gasteiger partial charge on any atom is -0.522 e. The fourth-order valence-electron chi connectivity index (χ4n) is 5.05. The van der Waals surface area contributed by atoms with Crippen LogP contribution in [0.15, 0.2) is 67.1 Å². The zero-order valence-electron chi connectivity index (χ0n) is 28.6. The Bertz CT molecular complexity index is 1770. The lowest BCUT2D eigenvalue weighted by Crippen LogP contribution is -2.57. The van der Waals surface area contributed by atoms with E-state index in [9.17, 15) is 28.3 Å². The fourth-order valence-corrected chi connectivity index (χ4v) is 6.05. The number of carbonyl (C=O) groups excluding carboxylic acids is 4. The minimum atomic E-state index is -4.79. The predicted octanol–water partition coefficient (Wildman–Crippen LogP) is 3.07. The van der Waals surface area contributed by atoms with Crippen molar-refractivity contribution in [1.82, 2.24) is 25.9 Å². The van der Waals surface area contributed by atoms with E-state index in [4.69, 9.17) is 23.8 Å². The molecule has 2 aromatic carbocycles. The molecule has 0 fully saturated rings. The smallest absolute Gasteiger partial charge is 0.522 e. The molecule has 5 N–H and O–H groups in total. The number of aromatic nitrogens is 2. The van der Waals surface area contributed by atoms with Gasteiger partial charge in [0, 0.05) is 38.3 Å². The third-order valence-corrected chi connectivity index (χ3v) is 9.92. The van der Waals surface area contributed by atoms with Gasteiger partial charge in [0.2, 0.25) is 17.3 Å². The van der Waals surface area contributed by atoms with Crippen LogP contribution in [0.2, 0.25) is 0 Å². The lowest BCUT2D eigenvalue weighted by Gasteiger charge is -2.25. The van der Waals surface area contributed by atoms with Gasteiger partial charge in [0.25, 0.3) is 5.91 Å². The number of amides is 4. The third kappa shape index (κ3) is 11.6. The van der Waals surface area contributed by atoms with Gasteiger partial charge in [-0.3, -0.25) is 33.4 Å². The highest BCUT2D eigenvalue weighted by Gasteiger charge is 2.43. The highest BCUT2D eigenvalue weighted by molar-refractivity contribution is 7.61. The van der Waals surface area contributed by atoms with Gasteiger partial charge in [-0.15, -0.1) is 0 Å². The van der Waals surface area contributed by atoms with Crippen LogP contribution in [-0.2, 0) is 29.9 Å². The Labute approximate surface area is 301 Å². The van der Waals surface area contributed by atoms with E-state index >= 15 is 0 Å². The molecular weight excluding hydrogens is 717 g/mol. The fraction of sp³-hybridized carbons (Fsp3) is 0.375. The van der Waals surface area contributed by atoms with E-state index in [2.05, 4.69) is 20.6 Å². The lowest BCUT2D eigenvalue weighted by atomic mass is 9.74. The molecule has 0 radical (unpaired) electrons. The van der Waals surface area contributed by atoms with Crippen LogP contribution in [0.1, 0.15) is 49.2 Å². The SMILES string of the molecule is CC(C)C[C@@H](NC(=O)[C@@H](Cc1ccccc1)NC(=O)c1cnccn1)B1Oc2ccc(N(C)C(=O)OCCCC(=O)NC(P=O)P(=O)(O)O)cc2O1. The van der Waals surface area contributed by atoms with Crippen molar-refractivity contribution in [3.63, 3.8) is 0 Å². The standard InChI is InChI=1S/C32H39BN6O11P2/c1-20(2)16-27(37-29(41)23(17-21-8-5-4-6-9-21)36-30(42)24-19-34-13-14-35-24)33-49-25-12-11-22(18-26(25)50-33)39(3)32(43)48-15-7-10-28(40)38-31(51-44)52(45,46)47/h4-6,8-9,11-14,18-20,23,27,31H,7,10,15-17H2,1-3H3,(H,36,42)(H,37,41)(H,38,40)(H2,45,46,47)/t23-,27-,31?/m1/s1. The molecule has 0 saturated carbocycles. The largest absolute Gasteiger partial charge is 0.618 e. The summed E-state index contributed by atoms with van der Waals surface area (Å²) in [4.78, 5) is 78.8. The Kier molecular flexibility index (Phi) is 14.2. The van der Waals surface area contributed by atoms with Crippen molar-refractivity contribution in [2.75, 3.05) is 18.6 Å². The van der Waals surface area contributed by atoms with Crippen molar-refractivity contribution in [3.05, 3.63) is 78.4 Å². The normalized spacial score (nSPS) is 13.9. The van der Waals surface area contributed by atoms with E-state index in [1.807, 2.05) is 49.5 Å². The molecule has 3 atom stereocenters. The number of hydrogen-bond donors (Lipinski definition) is 5. The number of nitrogens with one attached hydrogen (secondary N) is 3. The number of nitrogens with zero attached hydrogens (tertiary/aromatic N) is 3. The second-order valence-electron chi connectivity index (χ2n) is 12.2. The summed E-state index contributed by atoms with van der Waals surface area (Å²) in [6, 6.07) is 13.1. The van der Waals surface area contributed by atoms with Gasteiger partial charge in [0.15, 0.2) is 8.46 Å². The topological polar surface area (TPSA) is 236 Å². The van der Waals surface area contributed by atoms with Gasteiger partial charge in [0.1, 0.15) is 23.2 Å². The second-order valence-corrected chi connectivity index (χ2v) is 15.0. The summed E-state index contributed by atoms with van der Waals surface area (Å²) < 4.78 is 39.6. The van der Waals surface area contributed by atoms with Crippen LogP contribution >= 0.6 is 16.1 Å². The monoisotopic (exact) mass is 756 g/mol. The first-order valence-electron chi connectivity index (χ1n) is 16.2. The van der Waals surface area contributed by atoms with E-state index in [1.165, 1.54) is 30.5 Å². The molecule has 4 rings (SSSR count). The first-order valence-corrected chi connectivity index (χ1v) is 18.8. The van der Waals surface area contributed by atoms with Crippen molar-refractivity contribution in [2.45, 2.75) is 57.0 Å². The highest BCUT2D eigenvalue weighted by atomic mass is 31.2. The first-order chi connectivity index (χ1) is 24.7. The predicted molar refractivity (Wildman–Crippen MR) is 189 cm³/mol. The Balaban J connectivity index is 1.37. The quantitative estimate of drug-likeness (QED) is 0.0758. The Hall–Kier alpha value is -4.89. The Morgan fingerprint density at radius 1 is 1.02 bits per heavy atom. The van der Waals surface area contributed by atoms with Gasteiger partial charge in [0.05, 0.1) is 24.4 Å². The molecule has 1 aromatic heterocycles. The summed E-state index contributed by atoms with van der Waals surface area (Å²) in [5.74, 6) is -1.61. The van der Waals surface area contributed by atoms with Crippen molar-refractivity contribution < 1.29 is 52.1 Å². The Morgan fingerprint density at radius 2 is 1.75 bits per heavy atom. The lowest BCUT2D eigenvalue weighted by molar-refractivity contribution is -0.123. The van der Waals surface area contributed by atoms with Crippen LogP contribution in [0.4, 0.5) is 10.5 Å². The number of anilines is 1. The van der Waals surface area contributed by atoms with Crippen molar-refractivity contribution in [3.8, 4) is 11.5 Å². The minimum absolute atomic E-state index is 0.0387. The van der Waals surface area contributed by atoms with E-state index in [0.717, 1.165) is 5.56 Å². The summed E-state index contributed by atoms with van der Waals surface area (Å²) in [6.07, 6.45) is 3.87. The molecule has 17 nitrogen and oxygen atoms in total. The van der Waals surface area contributed by atoms with Crippen molar-refractivity contribution in [1.29, 1.82) is 0 Å². The van der Waals surface area contributed by atoms with E-state index < -0.39 is 64.5 Å². The van der Waals surface area contributed by atoms with E-state index in [1.54, 1.807) is 18.2 Å². The number of benzene rings is 2. The van der Waals surface area contributed by atoms with Gasteiger partial charge < -0.3 is 39.8 Å². The first kappa shape index (κ1) is 39.9. The van der Waals surface area contributed by atoms with Crippen molar-refractivity contribution in [2.24, 2.45) is 5.92 Å². The average Bonchev–Trinajstić information content (AvgIpc) is 3.55. The van der Waals surface area contributed by atoms with Crippen LogP contribution in [0.5, 0.6) is 11.5 Å². The molecule has 0 bridgehead atoms. The molecule has 0 spiro atoms. The molecule has 276 valence electrons. The van der Waals surface area contributed by atoms with Crippen LogP contribution in [0.25, 0.3) is 0 Å². The maximum atomic E-state index is 13.8. The average molecular weight is 756 g/mol. The van der Waals surface area contributed by atoms with Crippen LogP contribution in [0, 0.1) is 5.92 Å². The molecular formula is C32H39BN6O11P2. The zero-order chi connectivity index (χ0) is 37.8. The molecule has 1 aliphatic heterocycles. The van der Waals surface area contributed by atoms with Crippen LogP contribution in [-0.4, -0.2) is 81.8 Å². The number of rotatable bonds is 17. The second kappa shape index (κ2) is 18.6. The molecule has 2 heterocycles. The third-order valence-electron chi connectivity index (χ3n) is 7.64. The maximum absolute atomic E-state index is 13.8. The summed E-state index contributed by atoms with van der Waals surface area (Å²) in [7, 11) is -5.19. The van der Waals surface area contributed by atoms with Gasteiger partial charge >= 0.3 is 20.8 Å². The van der Waals surface area contributed by atoms with Crippen LogP contribution in [0.3, 0.4) is 0 Å². The summed E-state index contributed by atoms with van der Waals surface area (Å²) in [5, 5.41) is 7.76. The van der Waals surface area contributed by atoms with Crippen molar-refractivity contribution >= 4 is 52.7 Å². The molecule has 1 aliphatic rings. The molecule has 3 aromatic rings. The molecule has 20 heteroatoms.